The van der Waals surface area contributed by atoms with Gasteiger partial charge in [-0.3, -0.25) is 14.5 Å². The molecule has 0 amide bonds. The number of likely N-dealkylation sites (N-methyl/N-ethyl adjacent to an activating group) is 2. The third kappa shape index (κ3) is 14.0. The van der Waals surface area contributed by atoms with Gasteiger partial charge in [0.2, 0.25) is 0 Å². The predicted octanol–water partition coefficient (Wildman–Crippen LogP) is 8.70. The van der Waals surface area contributed by atoms with Crippen LogP contribution in [0.3, 0.4) is 0 Å². The molecular formula is C63H96ClN3O13. The fourth-order valence-corrected chi connectivity index (χ4v) is 13.8. The first-order chi connectivity index (χ1) is 37.4. The Morgan fingerprint density at radius 2 is 1.51 bits per heavy atom. The lowest BCUT2D eigenvalue weighted by Gasteiger charge is -2.49. The van der Waals surface area contributed by atoms with Crippen LogP contribution in [0.4, 0.5) is 0 Å². The van der Waals surface area contributed by atoms with Gasteiger partial charge in [-0.1, -0.05) is 95.6 Å². The molecule has 5 heterocycles. The first-order valence-electron chi connectivity index (χ1n) is 29.2. The van der Waals surface area contributed by atoms with Crippen LogP contribution in [-0.2, 0) is 62.1 Å². The second kappa shape index (κ2) is 25.8. The highest BCUT2D eigenvalue weighted by Gasteiger charge is 2.53. The summed E-state index contributed by atoms with van der Waals surface area (Å²) < 4.78 is 47.6. The number of carbonyl (C=O) groups excluding carboxylic acids is 2. The van der Waals surface area contributed by atoms with Crippen molar-refractivity contribution in [1.82, 2.24) is 14.4 Å². The van der Waals surface area contributed by atoms with E-state index in [1.165, 1.54) is 19.7 Å². The Labute approximate surface area is 481 Å². The van der Waals surface area contributed by atoms with Gasteiger partial charge < -0.3 is 63.1 Å². The molecule has 448 valence electrons. The Balaban J connectivity index is 1.14. The molecule has 4 aliphatic heterocycles. The number of nitrogens with zero attached hydrogens (tertiary/aromatic N) is 3. The summed E-state index contributed by atoms with van der Waals surface area (Å²) in [7, 11) is 5.41. The lowest BCUT2D eigenvalue weighted by Crippen LogP contribution is -2.59. The summed E-state index contributed by atoms with van der Waals surface area (Å²) in [5, 5.41) is 48.5. The average Bonchev–Trinajstić information content (AvgIpc) is 4.12. The molecule has 3 saturated heterocycles. The molecule has 16 nitrogen and oxygen atoms in total. The molecule has 0 radical (unpaired) electrons. The standard InChI is InChI=1S/C63H96ClN3O13/c1-17-49-63(13,73)55(69)41(7)66(15)34-36(2)31-61(11,72)57(39(5)54(40(6)58(71)78-49)79-51-33-62(12,74-16)56(70)42(8)77-51)80-59-38(4)46(29-37(3)76-59)65(14)27-28-75-50(68)30-47-52(44-23-25-45(64)26-24-44)53(43-21-19-18-20-22-43)48-32-60(9,10)35-67(47)48/h18-26,36-42,46,49,51,54-57,59,69-70,72-73H,17,27-35H2,1-16H3/t36-,37-,38-,39+,40-,41-,42+,46+,49-,51+,54+,55-,56+,57-,59+,61-,62-,63?/m1/s1. The van der Waals surface area contributed by atoms with E-state index in [0.29, 0.717) is 24.5 Å². The fourth-order valence-electron chi connectivity index (χ4n) is 13.7. The van der Waals surface area contributed by atoms with Crippen LogP contribution in [0.2, 0.25) is 5.02 Å². The molecule has 80 heavy (non-hydrogen) atoms. The number of cyclic esters (lactones) is 1. The predicted molar refractivity (Wildman–Crippen MR) is 309 cm³/mol. The van der Waals surface area contributed by atoms with Gasteiger partial charge in [-0.2, -0.15) is 0 Å². The first kappa shape index (κ1) is 64.1. The molecule has 0 bridgehead atoms. The summed E-state index contributed by atoms with van der Waals surface area (Å²) in [6, 6.07) is 17.5. The molecule has 3 aromatic rings. The minimum Gasteiger partial charge on any atom is -0.464 e. The molecule has 1 aromatic heterocycles. The third-order valence-electron chi connectivity index (χ3n) is 18.4. The van der Waals surface area contributed by atoms with Crippen LogP contribution in [0.5, 0.6) is 0 Å². The molecule has 0 saturated carbocycles. The minimum absolute atomic E-state index is 0.00192. The number of hydrogen-bond acceptors (Lipinski definition) is 15. The minimum atomic E-state index is -1.83. The van der Waals surface area contributed by atoms with Crippen LogP contribution in [0, 0.1) is 29.1 Å². The van der Waals surface area contributed by atoms with Crippen molar-refractivity contribution < 1.29 is 63.2 Å². The van der Waals surface area contributed by atoms with E-state index in [4.69, 9.17) is 44.8 Å². The highest BCUT2D eigenvalue weighted by Crippen LogP contribution is 2.48. The molecule has 0 spiro atoms. The number of methoxy groups -OCH3 is 1. The quantitative estimate of drug-likeness (QED) is 0.112. The van der Waals surface area contributed by atoms with Gasteiger partial charge in [0.05, 0.1) is 48.0 Å². The van der Waals surface area contributed by atoms with E-state index in [9.17, 15) is 30.0 Å². The van der Waals surface area contributed by atoms with Gasteiger partial charge in [0.1, 0.15) is 30.5 Å². The first-order valence-corrected chi connectivity index (χ1v) is 29.6. The summed E-state index contributed by atoms with van der Waals surface area (Å²) in [5.74, 6) is -3.19. The molecule has 3 fully saturated rings. The van der Waals surface area contributed by atoms with Crippen molar-refractivity contribution in [2.24, 2.45) is 29.1 Å². The number of halogens is 1. The SMILES string of the molecule is CC[C@H]1OC(=O)[C@H](C)[C@@H](O[C@H]2C[C@@](C)(OC)[C@@H](O)[C@H](C)O2)[C@H](C)[C@@H](O[C@@H]2O[C@H](C)C[C@H](N(C)CCOC(=O)Cc3c(-c4ccc(Cl)cc4)c(-c4ccccc4)c4n3CC(C)(C)C4)[C@H]2C)[C@](C)(O)C[C@@H](C)CN(C)[C@H](C)[C@@H](O)C1(C)O. The Bertz CT molecular complexity index is 2540. The van der Waals surface area contributed by atoms with Crippen molar-refractivity contribution in [3.63, 3.8) is 0 Å². The van der Waals surface area contributed by atoms with E-state index in [0.717, 1.165) is 40.9 Å². The maximum Gasteiger partial charge on any atom is 0.311 e. The molecule has 1 unspecified atom stereocenters. The Morgan fingerprint density at radius 3 is 2.15 bits per heavy atom. The third-order valence-corrected chi connectivity index (χ3v) is 18.7. The number of aromatic nitrogens is 1. The Kier molecular flexibility index (Phi) is 20.7. The number of aliphatic hydroxyl groups is 4. The zero-order valence-electron chi connectivity index (χ0n) is 50.6. The average molecular weight is 1140 g/mol. The number of fused-ring (bicyclic) bond motifs is 1. The largest absolute Gasteiger partial charge is 0.464 e. The second-order valence-corrected chi connectivity index (χ2v) is 26.3. The van der Waals surface area contributed by atoms with Gasteiger partial charge in [0, 0.05) is 84.6 Å². The van der Waals surface area contributed by atoms with Crippen LogP contribution in [0.15, 0.2) is 54.6 Å². The molecule has 17 heteroatoms. The summed E-state index contributed by atoms with van der Waals surface area (Å²) in [5.41, 5.74) is 1.94. The van der Waals surface area contributed by atoms with Crippen molar-refractivity contribution in [2.75, 3.05) is 40.9 Å². The van der Waals surface area contributed by atoms with Crippen LogP contribution < -0.4 is 0 Å². The van der Waals surface area contributed by atoms with E-state index < -0.39 is 89.9 Å². The lowest BCUT2D eigenvalue weighted by molar-refractivity contribution is -0.313. The van der Waals surface area contributed by atoms with E-state index >= 15 is 0 Å². The van der Waals surface area contributed by atoms with Gasteiger partial charge in [-0.05, 0) is 123 Å². The smallest absolute Gasteiger partial charge is 0.311 e. The molecule has 4 aliphatic rings. The van der Waals surface area contributed by atoms with Gasteiger partial charge in [0.15, 0.2) is 12.6 Å². The van der Waals surface area contributed by atoms with E-state index in [2.05, 4.69) is 42.4 Å². The van der Waals surface area contributed by atoms with Crippen molar-refractivity contribution in [1.29, 1.82) is 0 Å². The molecule has 4 N–H and O–H groups in total. The van der Waals surface area contributed by atoms with E-state index in [1.807, 2.05) is 89.2 Å². The molecule has 18 atom stereocenters. The summed E-state index contributed by atoms with van der Waals surface area (Å²) >= 11 is 6.40. The van der Waals surface area contributed by atoms with Crippen LogP contribution in [0.1, 0.15) is 127 Å². The van der Waals surface area contributed by atoms with Crippen molar-refractivity contribution >= 4 is 23.5 Å². The lowest BCUT2D eigenvalue weighted by atomic mass is 9.77. The van der Waals surface area contributed by atoms with Gasteiger partial charge in [-0.15, -0.1) is 0 Å². The van der Waals surface area contributed by atoms with Gasteiger partial charge in [-0.25, -0.2) is 0 Å². The highest BCUT2D eigenvalue weighted by molar-refractivity contribution is 6.30. The molecule has 0 aliphatic carbocycles. The van der Waals surface area contributed by atoms with Crippen LogP contribution in [-0.4, -0.2) is 172 Å². The fraction of sp³-hybridized carbons (Fsp3) is 0.714. The van der Waals surface area contributed by atoms with Crippen LogP contribution in [0.25, 0.3) is 22.3 Å². The van der Waals surface area contributed by atoms with Crippen molar-refractivity contribution in [2.45, 2.75) is 219 Å². The summed E-state index contributed by atoms with van der Waals surface area (Å²) in [6.07, 6.45) is -5.97. The highest BCUT2D eigenvalue weighted by atomic mass is 35.5. The zero-order valence-corrected chi connectivity index (χ0v) is 51.4. The number of rotatable bonds is 14. The number of ether oxygens (including phenoxy) is 7. The van der Waals surface area contributed by atoms with Crippen molar-refractivity contribution in [3.8, 4) is 22.3 Å². The normalized spacial score (nSPS) is 37.6. The Hall–Kier alpha value is -3.49. The number of aliphatic hydroxyl groups excluding tert-OH is 2. The monoisotopic (exact) mass is 1140 g/mol. The van der Waals surface area contributed by atoms with Crippen LogP contribution >= 0.6 is 11.6 Å². The van der Waals surface area contributed by atoms with E-state index in [1.54, 1.807) is 34.6 Å². The summed E-state index contributed by atoms with van der Waals surface area (Å²) in [6.45, 7) is 26.4. The van der Waals surface area contributed by atoms with Gasteiger partial charge in [0.25, 0.3) is 0 Å². The maximum atomic E-state index is 14.6. The number of benzene rings is 2. The molecule has 2 aromatic carbocycles. The number of carbonyl (C=O) groups is 2. The molecule has 7 rings (SSSR count). The zero-order chi connectivity index (χ0) is 59.0. The van der Waals surface area contributed by atoms with E-state index in [-0.39, 0.29) is 67.7 Å². The second-order valence-electron chi connectivity index (χ2n) is 25.9. The topological polar surface area (TPSA) is 191 Å². The Morgan fingerprint density at radius 1 is 0.863 bits per heavy atom. The summed E-state index contributed by atoms with van der Waals surface area (Å²) in [4.78, 5) is 32.9. The maximum absolute atomic E-state index is 14.6. The molecular weight excluding hydrogens is 1040 g/mol. The van der Waals surface area contributed by atoms with Gasteiger partial charge >= 0.3 is 11.9 Å². The number of hydrogen-bond donors (Lipinski definition) is 4. The van der Waals surface area contributed by atoms with Crippen molar-refractivity contribution in [3.05, 3.63) is 71.0 Å². The number of esters is 2.